The van der Waals surface area contributed by atoms with Crippen molar-refractivity contribution < 1.29 is 8.42 Å². The number of aromatic nitrogens is 1. The number of hydrogen-bond donors (Lipinski definition) is 1. The lowest BCUT2D eigenvalue weighted by Gasteiger charge is -2.08. The van der Waals surface area contributed by atoms with E-state index in [2.05, 4.69) is 4.72 Å². The van der Waals surface area contributed by atoms with Crippen molar-refractivity contribution in [2.75, 3.05) is 10.5 Å². The average molecular weight is 244 g/mol. The topological polar surface area (TPSA) is 68.2 Å². The number of sulfonamides is 1. The Morgan fingerprint density at radius 3 is 2.56 bits per heavy atom. The summed E-state index contributed by atoms with van der Waals surface area (Å²) in [6.45, 7) is 4.14. The Hall–Kier alpha value is -1.30. The molecule has 1 heterocycles. The molecule has 0 saturated heterocycles. The normalized spacial score (nSPS) is 11.4. The average Bonchev–Trinajstić information content (AvgIpc) is 2.20. The summed E-state index contributed by atoms with van der Waals surface area (Å²) < 4.78 is 26.9. The molecule has 0 bridgehead atoms. The van der Waals surface area contributed by atoms with E-state index in [0.29, 0.717) is 18.7 Å². The molecule has 0 radical (unpaired) electrons. The highest BCUT2D eigenvalue weighted by Gasteiger charge is 2.08. The van der Waals surface area contributed by atoms with Crippen LogP contribution in [-0.4, -0.2) is 18.7 Å². The lowest BCUT2D eigenvalue weighted by Crippen LogP contribution is -2.21. The van der Waals surface area contributed by atoms with Crippen molar-refractivity contribution in [2.24, 2.45) is 0 Å². The second-order valence-corrected chi connectivity index (χ2v) is 5.30. The zero-order chi connectivity index (χ0) is 12.2. The number of hydrogen-bond acceptors (Lipinski definition) is 3. The van der Waals surface area contributed by atoms with Crippen LogP contribution in [0.1, 0.15) is 20.3 Å². The largest absolute Gasteiger partial charge is 0.314 e. The number of rotatable bonds is 5. The SMILES string of the molecule is CCCS(=O)(=O)Nc1ccc(=O)n(CC)c1. The fourth-order valence-corrected chi connectivity index (χ4v) is 2.46. The Morgan fingerprint density at radius 2 is 2.00 bits per heavy atom. The van der Waals surface area contributed by atoms with Crippen LogP contribution in [0.2, 0.25) is 0 Å². The molecule has 0 unspecified atom stereocenters. The Bertz CT molecular complexity index is 505. The van der Waals surface area contributed by atoms with Gasteiger partial charge in [0.05, 0.1) is 11.4 Å². The molecule has 0 spiro atoms. The van der Waals surface area contributed by atoms with Gasteiger partial charge in [0, 0.05) is 18.8 Å². The molecule has 1 aromatic rings. The van der Waals surface area contributed by atoms with Gasteiger partial charge in [-0.3, -0.25) is 9.52 Å². The zero-order valence-electron chi connectivity index (χ0n) is 9.43. The van der Waals surface area contributed by atoms with Crippen molar-refractivity contribution >= 4 is 15.7 Å². The van der Waals surface area contributed by atoms with E-state index in [-0.39, 0.29) is 11.3 Å². The van der Waals surface area contributed by atoms with Crippen molar-refractivity contribution in [2.45, 2.75) is 26.8 Å². The number of nitrogens with zero attached hydrogens (tertiary/aromatic N) is 1. The fraction of sp³-hybridized carbons (Fsp3) is 0.500. The van der Waals surface area contributed by atoms with Crippen LogP contribution >= 0.6 is 0 Å². The van der Waals surface area contributed by atoms with Crippen molar-refractivity contribution in [3.05, 3.63) is 28.7 Å². The molecule has 5 nitrogen and oxygen atoms in total. The van der Waals surface area contributed by atoms with E-state index >= 15 is 0 Å². The monoisotopic (exact) mass is 244 g/mol. The van der Waals surface area contributed by atoms with Crippen LogP contribution in [0.4, 0.5) is 5.69 Å². The second kappa shape index (κ2) is 5.16. The van der Waals surface area contributed by atoms with E-state index in [1.165, 1.54) is 22.9 Å². The minimum atomic E-state index is -3.29. The number of aryl methyl sites for hydroxylation is 1. The van der Waals surface area contributed by atoms with Gasteiger partial charge < -0.3 is 4.57 Å². The summed E-state index contributed by atoms with van der Waals surface area (Å²) >= 11 is 0. The third-order valence-electron chi connectivity index (χ3n) is 2.07. The van der Waals surface area contributed by atoms with Gasteiger partial charge in [-0.25, -0.2) is 8.42 Å². The van der Waals surface area contributed by atoms with Crippen LogP contribution in [-0.2, 0) is 16.6 Å². The standard InChI is InChI=1S/C10H16N2O3S/c1-3-7-16(14,15)11-9-5-6-10(13)12(4-2)8-9/h5-6,8,11H,3-4,7H2,1-2H3. The van der Waals surface area contributed by atoms with Gasteiger partial charge in [-0.2, -0.15) is 0 Å². The smallest absolute Gasteiger partial charge is 0.250 e. The van der Waals surface area contributed by atoms with Crippen LogP contribution < -0.4 is 10.3 Å². The summed E-state index contributed by atoms with van der Waals surface area (Å²) in [6.07, 6.45) is 2.07. The van der Waals surface area contributed by atoms with Crippen LogP contribution in [0, 0.1) is 0 Å². The first-order valence-corrected chi connectivity index (χ1v) is 6.84. The van der Waals surface area contributed by atoms with E-state index in [1.54, 1.807) is 6.92 Å². The summed E-state index contributed by atoms with van der Waals surface area (Å²) in [6, 6.07) is 2.83. The van der Waals surface area contributed by atoms with Gasteiger partial charge in [0.1, 0.15) is 0 Å². The van der Waals surface area contributed by atoms with E-state index in [1.807, 2.05) is 6.92 Å². The minimum Gasteiger partial charge on any atom is -0.314 e. The van der Waals surface area contributed by atoms with E-state index in [9.17, 15) is 13.2 Å². The lowest BCUT2D eigenvalue weighted by atomic mass is 10.4. The van der Waals surface area contributed by atoms with Crippen molar-refractivity contribution in [1.29, 1.82) is 0 Å². The highest BCUT2D eigenvalue weighted by molar-refractivity contribution is 7.92. The molecular weight excluding hydrogens is 228 g/mol. The molecule has 0 saturated carbocycles. The van der Waals surface area contributed by atoms with Gasteiger partial charge in [0.25, 0.3) is 5.56 Å². The third-order valence-corrected chi connectivity index (χ3v) is 3.56. The lowest BCUT2D eigenvalue weighted by molar-refractivity contribution is 0.599. The van der Waals surface area contributed by atoms with E-state index < -0.39 is 10.0 Å². The van der Waals surface area contributed by atoms with Gasteiger partial charge in [-0.05, 0) is 19.4 Å². The summed E-state index contributed by atoms with van der Waals surface area (Å²) in [5.74, 6) is 0.0816. The zero-order valence-corrected chi connectivity index (χ0v) is 10.3. The summed E-state index contributed by atoms with van der Waals surface area (Å²) in [4.78, 5) is 11.3. The van der Waals surface area contributed by atoms with Crippen molar-refractivity contribution in [3.8, 4) is 0 Å². The molecule has 1 rings (SSSR count). The molecule has 6 heteroatoms. The fourth-order valence-electron chi connectivity index (χ4n) is 1.34. The van der Waals surface area contributed by atoms with Crippen LogP contribution in [0.25, 0.3) is 0 Å². The summed E-state index contributed by atoms with van der Waals surface area (Å²) in [5.41, 5.74) is 0.288. The Labute approximate surface area is 95.2 Å². The van der Waals surface area contributed by atoms with Gasteiger partial charge in [0.2, 0.25) is 10.0 Å². The Kier molecular flexibility index (Phi) is 4.12. The maximum absolute atomic E-state index is 11.5. The van der Waals surface area contributed by atoms with Crippen LogP contribution in [0.5, 0.6) is 0 Å². The van der Waals surface area contributed by atoms with Gasteiger partial charge in [0.15, 0.2) is 0 Å². The molecule has 0 fully saturated rings. The highest BCUT2D eigenvalue weighted by Crippen LogP contribution is 2.07. The summed E-state index contributed by atoms with van der Waals surface area (Å²) in [5, 5.41) is 0. The Balaban J connectivity index is 2.95. The first-order valence-electron chi connectivity index (χ1n) is 5.19. The predicted molar refractivity (Wildman–Crippen MR) is 64.1 cm³/mol. The maximum atomic E-state index is 11.5. The molecule has 0 amide bonds. The molecule has 1 aromatic heterocycles. The maximum Gasteiger partial charge on any atom is 0.250 e. The molecule has 0 atom stereocenters. The highest BCUT2D eigenvalue weighted by atomic mass is 32.2. The van der Waals surface area contributed by atoms with E-state index in [4.69, 9.17) is 0 Å². The number of pyridine rings is 1. The summed E-state index contributed by atoms with van der Waals surface area (Å²) in [7, 11) is -3.29. The van der Waals surface area contributed by atoms with Gasteiger partial charge in [-0.15, -0.1) is 0 Å². The minimum absolute atomic E-state index is 0.0816. The Morgan fingerprint density at radius 1 is 1.31 bits per heavy atom. The molecule has 0 aliphatic heterocycles. The number of anilines is 1. The first-order chi connectivity index (χ1) is 7.48. The number of nitrogens with one attached hydrogen (secondary N) is 1. The molecule has 0 aliphatic rings. The second-order valence-electron chi connectivity index (χ2n) is 3.46. The molecule has 16 heavy (non-hydrogen) atoms. The molecule has 1 N–H and O–H groups in total. The van der Waals surface area contributed by atoms with Crippen LogP contribution in [0.15, 0.2) is 23.1 Å². The van der Waals surface area contributed by atoms with Crippen molar-refractivity contribution in [3.63, 3.8) is 0 Å². The molecular formula is C10H16N2O3S. The van der Waals surface area contributed by atoms with Gasteiger partial charge >= 0.3 is 0 Å². The first kappa shape index (κ1) is 12.8. The molecule has 0 aliphatic carbocycles. The van der Waals surface area contributed by atoms with E-state index in [0.717, 1.165) is 0 Å². The molecule has 0 aromatic carbocycles. The predicted octanol–water partition coefficient (Wildman–Crippen LogP) is 1.02. The van der Waals surface area contributed by atoms with Gasteiger partial charge in [-0.1, -0.05) is 6.92 Å². The van der Waals surface area contributed by atoms with Crippen molar-refractivity contribution in [1.82, 2.24) is 4.57 Å². The molecule has 90 valence electrons. The third kappa shape index (κ3) is 3.37. The quantitative estimate of drug-likeness (QED) is 0.840. The van der Waals surface area contributed by atoms with Crippen LogP contribution in [0.3, 0.4) is 0 Å².